The molecule has 0 aromatic heterocycles. The van der Waals surface area contributed by atoms with Crippen molar-refractivity contribution < 1.29 is 9.90 Å². The SMILES string of the molecule is Cc1cc(Sc2ccccc2)ccc1NC(=O)N(CCO)C1CC1. The molecule has 0 radical (unpaired) electrons. The second-order valence-electron chi connectivity index (χ2n) is 5.97. The number of anilines is 1. The first-order chi connectivity index (χ1) is 11.7. The summed E-state index contributed by atoms with van der Waals surface area (Å²) in [4.78, 5) is 16.5. The lowest BCUT2D eigenvalue weighted by atomic mass is 10.2. The summed E-state index contributed by atoms with van der Waals surface area (Å²) in [7, 11) is 0. The molecule has 0 bridgehead atoms. The number of aliphatic hydroxyl groups excluding tert-OH is 1. The first-order valence-electron chi connectivity index (χ1n) is 8.19. The van der Waals surface area contributed by atoms with Crippen molar-refractivity contribution in [3.8, 4) is 0 Å². The maximum atomic E-state index is 12.4. The highest BCUT2D eigenvalue weighted by atomic mass is 32.2. The Kier molecular flexibility index (Phi) is 5.43. The predicted molar refractivity (Wildman–Crippen MR) is 97.6 cm³/mol. The van der Waals surface area contributed by atoms with Crippen LogP contribution in [0.15, 0.2) is 58.3 Å². The zero-order chi connectivity index (χ0) is 16.9. The zero-order valence-corrected chi connectivity index (χ0v) is 14.6. The molecule has 1 aliphatic rings. The molecular weight excluding hydrogens is 320 g/mol. The Balaban J connectivity index is 1.67. The van der Waals surface area contributed by atoms with Gasteiger partial charge in [-0.2, -0.15) is 0 Å². The van der Waals surface area contributed by atoms with E-state index in [4.69, 9.17) is 5.11 Å². The molecule has 3 rings (SSSR count). The smallest absolute Gasteiger partial charge is 0.322 e. The van der Waals surface area contributed by atoms with E-state index in [1.807, 2.05) is 37.3 Å². The summed E-state index contributed by atoms with van der Waals surface area (Å²) in [5.41, 5.74) is 1.85. The van der Waals surface area contributed by atoms with Crippen molar-refractivity contribution in [2.75, 3.05) is 18.5 Å². The number of carbonyl (C=O) groups is 1. The molecule has 24 heavy (non-hydrogen) atoms. The third-order valence-corrected chi connectivity index (χ3v) is 5.01. The van der Waals surface area contributed by atoms with Gasteiger partial charge < -0.3 is 15.3 Å². The van der Waals surface area contributed by atoms with Gasteiger partial charge in [-0.3, -0.25) is 0 Å². The van der Waals surface area contributed by atoms with Crippen molar-refractivity contribution in [3.05, 3.63) is 54.1 Å². The van der Waals surface area contributed by atoms with Crippen LogP contribution in [0.4, 0.5) is 10.5 Å². The number of aryl methyl sites for hydroxylation is 1. The minimum atomic E-state index is -0.127. The fourth-order valence-corrected chi connectivity index (χ4v) is 3.53. The predicted octanol–water partition coefficient (Wildman–Crippen LogP) is 4.13. The molecule has 5 heteroatoms. The Hall–Kier alpha value is -1.98. The molecule has 2 aromatic rings. The number of rotatable bonds is 6. The molecule has 2 N–H and O–H groups in total. The lowest BCUT2D eigenvalue weighted by molar-refractivity contribution is 0.185. The molecule has 0 spiro atoms. The van der Waals surface area contributed by atoms with Gasteiger partial charge in [0.05, 0.1) is 6.61 Å². The molecule has 1 fully saturated rings. The van der Waals surface area contributed by atoms with Crippen molar-refractivity contribution >= 4 is 23.5 Å². The molecule has 1 aliphatic carbocycles. The molecule has 0 unspecified atom stereocenters. The van der Waals surface area contributed by atoms with Gasteiger partial charge in [0.1, 0.15) is 0 Å². The van der Waals surface area contributed by atoms with Crippen LogP contribution in [0.3, 0.4) is 0 Å². The van der Waals surface area contributed by atoms with Crippen LogP contribution in [-0.4, -0.2) is 35.2 Å². The third kappa shape index (κ3) is 4.30. The largest absolute Gasteiger partial charge is 0.395 e. The summed E-state index contributed by atoms with van der Waals surface area (Å²) in [6, 6.07) is 16.4. The summed E-state index contributed by atoms with van der Waals surface area (Å²) in [5, 5.41) is 12.1. The average molecular weight is 342 g/mol. The second-order valence-corrected chi connectivity index (χ2v) is 7.12. The Morgan fingerprint density at radius 1 is 1.21 bits per heavy atom. The minimum Gasteiger partial charge on any atom is -0.395 e. The summed E-state index contributed by atoms with van der Waals surface area (Å²) in [6.45, 7) is 2.38. The number of nitrogens with zero attached hydrogens (tertiary/aromatic N) is 1. The highest BCUT2D eigenvalue weighted by Gasteiger charge is 2.32. The van der Waals surface area contributed by atoms with Gasteiger partial charge in [-0.05, 0) is 55.7 Å². The molecule has 0 heterocycles. The van der Waals surface area contributed by atoms with E-state index in [1.165, 1.54) is 4.90 Å². The van der Waals surface area contributed by atoms with Crippen molar-refractivity contribution in [3.63, 3.8) is 0 Å². The minimum absolute atomic E-state index is 0.00441. The fraction of sp³-hybridized carbons (Fsp3) is 0.316. The van der Waals surface area contributed by atoms with E-state index in [-0.39, 0.29) is 18.7 Å². The van der Waals surface area contributed by atoms with Crippen LogP contribution in [0.25, 0.3) is 0 Å². The molecule has 0 aliphatic heterocycles. The first-order valence-corrected chi connectivity index (χ1v) is 9.01. The van der Waals surface area contributed by atoms with Gasteiger partial charge in [0.25, 0.3) is 0 Å². The number of nitrogens with one attached hydrogen (secondary N) is 1. The van der Waals surface area contributed by atoms with Crippen LogP contribution < -0.4 is 5.32 Å². The van der Waals surface area contributed by atoms with Crippen LogP contribution in [0.1, 0.15) is 18.4 Å². The van der Waals surface area contributed by atoms with Crippen LogP contribution in [0.5, 0.6) is 0 Å². The number of urea groups is 1. The van der Waals surface area contributed by atoms with Gasteiger partial charge in [-0.1, -0.05) is 30.0 Å². The Morgan fingerprint density at radius 2 is 1.96 bits per heavy atom. The zero-order valence-electron chi connectivity index (χ0n) is 13.7. The Morgan fingerprint density at radius 3 is 2.58 bits per heavy atom. The number of benzene rings is 2. The third-order valence-electron chi connectivity index (χ3n) is 4.01. The van der Waals surface area contributed by atoms with Crippen molar-refractivity contribution in [1.29, 1.82) is 0 Å². The van der Waals surface area contributed by atoms with Crippen LogP contribution in [-0.2, 0) is 0 Å². The van der Waals surface area contributed by atoms with E-state index in [0.717, 1.165) is 29.0 Å². The summed E-state index contributed by atoms with van der Waals surface area (Å²) < 4.78 is 0. The monoisotopic (exact) mass is 342 g/mol. The van der Waals surface area contributed by atoms with Gasteiger partial charge in [-0.15, -0.1) is 0 Å². The van der Waals surface area contributed by atoms with Crippen LogP contribution in [0, 0.1) is 6.92 Å². The van der Waals surface area contributed by atoms with E-state index in [9.17, 15) is 4.79 Å². The van der Waals surface area contributed by atoms with E-state index in [0.29, 0.717) is 6.54 Å². The second kappa shape index (κ2) is 7.73. The molecule has 4 nitrogen and oxygen atoms in total. The van der Waals surface area contributed by atoms with Crippen molar-refractivity contribution in [2.24, 2.45) is 0 Å². The van der Waals surface area contributed by atoms with Gasteiger partial charge in [0.15, 0.2) is 0 Å². The van der Waals surface area contributed by atoms with Crippen LogP contribution >= 0.6 is 11.8 Å². The first kappa shape index (κ1) is 16.9. The molecule has 126 valence electrons. The van der Waals surface area contributed by atoms with E-state index >= 15 is 0 Å². The maximum absolute atomic E-state index is 12.4. The summed E-state index contributed by atoms with van der Waals surface area (Å²) in [6.07, 6.45) is 2.05. The number of carbonyl (C=O) groups excluding carboxylic acids is 1. The van der Waals surface area contributed by atoms with Crippen LogP contribution in [0.2, 0.25) is 0 Å². The van der Waals surface area contributed by atoms with Gasteiger partial charge >= 0.3 is 6.03 Å². The molecule has 0 atom stereocenters. The van der Waals surface area contributed by atoms with E-state index in [1.54, 1.807) is 16.7 Å². The Bertz CT molecular complexity index is 702. The van der Waals surface area contributed by atoms with Gasteiger partial charge in [0, 0.05) is 28.1 Å². The number of hydrogen-bond donors (Lipinski definition) is 2. The molecular formula is C19H22N2O2S. The number of amides is 2. The fourth-order valence-electron chi connectivity index (χ4n) is 2.60. The topological polar surface area (TPSA) is 52.6 Å². The van der Waals surface area contributed by atoms with Gasteiger partial charge in [-0.25, -0.2) is 4.79 Å². The quantitative estimate of drug-likeness (QED) is 0.830. The maximum Gasteiger partial charge on any atom is 0.322 e. The molecule has 2 amide bonds. The normalized spacial score (nSPS) is 13.6. The highest BCUT2D eigenvalue weighted by Crippen LogP contribution is 2.31. The van der Waals surface area contributed by atoms with E-state index in [2.05, 4.69) is 23.5 Å². The highest BCUT2D eigenvalue weighted by molar-refractivity contribution is 7.99. The Labute approximate surface area is 146 Å². The molecule has 1 saturated carbocycles. The summed E-state index contributed by atoms with van der Waals surface area (Å²) in [5.74, 6) is 0. The number of hydrogen-bond acceptors (Lipinski definition) is 3. The molecule has 0 saturated heterocycles. The van der Waals surface area contributed by atoms with Crippen molar-refractivity contribution in [2.45, 2.75) is 35.6 Å². The number of aliphatic hydroxyl groups is 1. The summed E-state index contributed by atoms with van der Waals surface area (Å²) >= 11 is 1.70. The van der Waals surface area contributed by atoms with E-state index < -0.39 is 0 Å². The lowest BCUT2D eigenvalue weighted by Gasteiger charge is -2.22. The standard InChI is InChI=1S/C19H22N2O2S/c1-14-13-17(24-16-5-3-2-4-6-16)9-10-18(14)20-19(23)21(11-12-22)15-7-8-15/h2-6,9-10,13,15,22H,7-8,11-12H2,1H3,(H,20,23). The average Bonchev–Trinajstić information content (AvgIpc) is 3.41. The molecule has 2 aromatic carbocycles. The lowest BCUT2D eigenvalue weighted by Crippen LogP contribution is -2.38. The van der Waals surface area contributed by atoms with Gasteiger partial charge in [0.2, 0.25) is 0 Å². The van der Waals surface area contributed by atoms with Crippen molar-refractivity contribution in [1.82, 2.24) is 4.90 Å².